The van der Waals surface area contributed by atoms with Gasteiger partial charge in [-0.05, 0) is 55.9 Å². The normalized spacial score (nSPS) is 17.1. The minimum atomic E-state index is -0.320. The lowest BCUT2D eigenvalue weighted by Crippen LogP contribution is -2.36. The van der Waals surface area contributed by atoms with Gasteiger partial charge in [-0.15, -0.1) is 0 Å². The van der Waals surface area contributed by atoms with Crippen molar-refractivity contribution >= 4 is 12.2 Å². The van der Waals surface area contributed by atoms with Crippen LogP contribution in [0.4, 0.5) is 4.39 Å². The van der Waals surface area contributed by atoms with Crippen molar-refractivity contribution in [1.82, 2.24) is 29.4 Å². The SMILES string of the molecule is Fc1cccc(-c2noc(C3CCCN(Cn4ncn(-c5ccccc5)c4=S)C3)n2)c1. The molecule has 2 aromatic carbocycles. The number of benzene rings is 2. The second kappa shape index (κ2) is 8.52. The minimum Gasteiger partial charge on any atom is -0.339 e. The summed E-state index contributed by atoms with van der Waals surface area (Å²) in [7, 11) is 0. The zero-order chi connectivity index (χ0) is 21.2. The summed E-state index contributed by atoms with van der Waals surface area (Å²) < 4.78 is 23.4. The molecule has 3 heterocycles. The Bertz CT molecular complexity index is 1230. The maximum absolute atomic E-state index is 13.5. The van der Waals surface area contributed by atoms with Crippen LogP contribution >= 0.6 is 12.2 Å². The first kappa shape index (κ1) is 19.8. The van der Waals surface area contributed by atoms with Crippen LogP contribution in [0.5, 0.6) is 0 Å². The maximum Gasteiger partial charge on any atom is 0.231 e. The molecule has 1 saturated heterocycles. The summed E-state index contributed by atoms with van der Waals surface area (Å²) in [6.45, 7) is 2.31. The molecule has 1 aliphatic rings. The molecule has 1 unspecified atom stereocenters. The standard InChI is InChI=1S/C22H21FN6OS/c23-18-8-4-6-16(12-18)20-25-21(30-26-20)17-7-5-11-27(13-17)15-29-22(31)28(14-24-29)19-9-2-1-3-10-19/h1-4,6,8-10,12,14,17H,5,7,11,13,15H2. The number of piperidine rings is 1. The first-order chi connectivity index (χ1) is 15.2. The van der Waals surface area contributed by atoms with E-state index in [0.29, 0.717) is 28.7 Å². The second-order valence-corrected chi connectivity index (χ2v) is 8.01. The Balaban J connectivity index is 1.30. The molecule has 2 aromatic heterocycles. The van der Waals surface area contributed by atoms with Crippen molar-refractivity contribution in [2.24, 2.45) is 0 Å². The Hall–Kier alpha value is -3.17. The summed E-state index contributed by atoms with van der Waals surface area (Å²) in [6, 6.07) is 16.2. The Labute approximate surface area is 183 Å². The molecule has 0 saturated carbocycles. The quantitative estimate of drug-likeness (QED) is 0.431. The highest BCUT2D eigenvalue weighted by Gasteiger charge is 2.27. The zero-order valence-electron chi connectivity index (χ0n) is 16.8. The van der Waals surface area contributed by atoms with Crippen molar-refractivity contribution in [3.63, 3.8) is 0 Å². The highest BCUT2D eigenvalue weighted by atomic mass is 32.1. The molecule has 7 nitrogen and oxygen atoms in total. The molecule has 0 bridgehead atoms. The highest BCUT2D eigenvalue weighted by Crippen LogP contribution is 2.28. The molecular formula is C22H21FN6OS. The lowest BCUT2D eigenvalue weighted by molar-refractivity contribution is 0.143. The number of halogens is 1. The van der Waals surface area contributed by atoms with Crippen LogP contribution in [0.3, 0.4) is 0 Å². The third-order valence-electron chi connectivity index (χ3n) is 5.48. The fraction of sp³-hybridized carbons (Fsp3) is 0.273. The topological polar surface area (TPSA) is 64.9 Å². The van der Waals surface area contributed by atoms with Crippen molar-refractivity contribution < 1.29 is 8.91 Å². The largest absolute Gasteiger partial charge is 0.339 e. The Morgan fingerprint density at radius 1 is 1.13 bits per heavy atom. The van der Waals surface area contributed by atoms with Gasteiger partial charge in [0, 0.05) is 17.8 Å². The predicted molar refractivity (Wildman–Crippen MR) is 116 cm³/mol. The summed E-state index contributed by atoms with van der Waals surface area (Å²) in [5.41, 5.74) is 1.60. The molecule has 0 aliphatic carbocycles. The van der Waals surface area contributed by atoms with Gasteiger partial charge in [-0.2, -0.15) is 10.1 Å². The molecule has 5 rings (SSSR count). The Kier molecular flexibility index (Phi) is 5.44. The van der Waals surface area contributed by atoms with Crippen LogP contribution in [0, 0.1) is 10.6 Å². The van der Waals surface area contributed by atoms with E-state index in [9.17, 15) is 4.39 Å². The Morgan fingerprint density at radius 2 is 2.00 bits per heavy atom. The molecule has 0 spiro atoms. The fourth-order valence-corrected chi connectivity index (χ4v) is 4.18. The van der Waals surface area contributed by atoms with Crippen LogP contribution in [-0.2, 0) is 6.67 Å². The maximum atomic E-state index is 13.5. The van der Waals surface area contributed by atoms with Gasteiger partial charge in [0.1, 0.15) is 12.1 Å². The molecule has 4 aromatic rings. The monoisotopic (exact) mass is 436 g/mol. The number of para-hydroxylation sites is 1. The molecule has 31 heavy (non-hydrogen) atoms. The molecule has 0 N–H and O–H groups in total. The lowest BCUT2D eigenvalue weighted by Gasteiger charge is -2.30. The van der Waals surface area contributed by atoms with Crippen LogP contribution in [0.2, 0.25) is 0 Å². The van der Waals surface area contributed by atoms with E-state index in [1.165, 1.54) is 12.1 Å². The van der Waals surface area contributed by atoms with E-state index < -0.39 is 0 Å². The van der Waals surface area contributed by atoms with Gasteiger partial charge in [0.05, 0.1) is 12.6 Å². The van der Waals surface area contributed by atoms with Gasteiger partial charge >= 0.3 is 0 Å². The van der Waals surface area contributed by atoms with Crippen LogP contribution < -0.4 is 0 Å². The number of nitrogens with zero attached hydrogens (tertiary/aromatic N) is 6. The average molecular weight is 437 g/mol. The van der Waals surface area contributed by atoms with Crippen LogP contribution in [0.25, 0.3) is 17.1 Å². The van der Waals surface area contributed by atoms with E-state index in [1.807, 2.05) is 39.6 Å². The first-order valence-electron chi connectivity index (χ1n) is 10.2. The van der Waals surface area contributed by atoms with Crippen LogP contribution in [0.15, 0.2) is 65.4 Å². The van der Waals surface area contributed by atoms with Gasteiger partial charge in [-0.3, -0.25) is 9.47 Å². The van der Waals surface area contributed by atoms with E-state index in [4.69, 9.17) is 16.7 Å². The molecule has 9 heteroatoms. The summed E-state index contributed by atoms with van der Waals surface area (Å²) in [4.78, 5) is 6.82. The van der Waals surface area contributed by atoms with E-state index in [-0.39, 0.29) is 11.7 Å². The van der Waals surface area contributed by atoms with Gasteiger partial charge in [-0.1, -0.05) is 35.5 Å². The molecule has 1 aliphatic heterocycles. The highest BCUT2D eigenvalue weighted by molar-refractivity contribution is 7.71. The van der Waals surface area contributed by atoms with Crippen molar-refractivity contribution in [2.75, 3.05) is 13.1 Å². The number of rotatable bonds is 5. The van der Waals surface area contributed by atoms with Crippen molar-refractivity contribution in [1.29, 1.82) is 0 Å². The molecule has 0 amide bonds. The summed E-state index contributed by atoms with van der Waals surface area (Å²) in [5.74, 6) is 0.797. The Morgan fingerprint density at radius 3 is 2.84 bits per heavy atom. The smallest absolute Gasteiger partial charge is 0.231 e. The van der Waals surface area contributed by atoms with Crippen LogP contribution in [0.1, 0.15) is 24.7 Å². The van der Waals surface area contributed by atoms with Crippen LogP contribution in [-0.4, -0.2) is 42.5 Å². The van der Waals surface area contributed by atoms with Crippen molar-refractivity contribution in [3.05, 3.63) is 77.4 Å². The van der Waals surface area contributed by atoms with Crippen molar-refractivity contribution in [3.8, 4) is 17.1 Å². The van der Waals surface area contributed by atoms with E-state index in [1.54, 1.807) is 18.5 Å². The van der Waals surface area contributed by atoms with Gasteiger partial charge in [0.2, 0.25) is 16.5 Å². The minimum absolute atomic E-state index is 0.119. The fourth-order valence-electron chi connectivity index (χ4n) is 3.92. The molecule has 1 atom stereocenters. The van der Waals surface area contributed by atoms with E-state index in [0.717, 1.165) is 31.6 Å². The number of aromatic nitrogens is 5. The first-order valence-corrected chi connectivity index (χ1v) is 10.6. The van der Waals surface area contributed by atoms with Gasteiger partial charge in [0.25, 0.3) is 0 Å². The summed E-state index contributed by atoms with van der Waals surface area (Å²) >= 11 is 5.63. The second-order valence-electron chi connectivity index (χ2n) is 7.64. The van der Waals surface area contributed by atoms with E-state index >= 15 is 0 Å². The average Bonchev–Trinajstić information content (AvgIpc) is 3.43. The summed E-state index contributed by atoms with van der Waals surface area (Å²) in [5, 5.41) is 8.54. The lowest BCUT2D eigenvalue weighted by atomic mass is 9.98. The van der Waals surface area contributed by atoms with Gasteiger partial charge in [-0.25, -0.2) is 9.07 Å². The molecule has 0 radical (unpaired) electrons. The van der Waals surface area contributed by atoms with Crippen molar-refractivity contribution in [2.45, 2.75) is 25.4 Å². The predicted octanol–water partition coefficient (Wildman–Crippen LogP) is 4.43. The molecule has 1 fully saturated rings. The third-order valence-corrected chi connectivity index (χ3v) is 5.89. The zero-order valence-corrected chi connectivity index (χ0v) is 17.6. The number of hydrogen-bond donors (Lipinski definition) is 0. The van der Waals surface area contributed by atoms with E-state index in [2.05, 4.69) is 20.1 Å². The molecule has 158 valence electrons. The van der Waals surface area contributed by atoms with Gasteiger partial charge in [0.15, 0.2) is 0 Å². The summed E-state index contributed by atoms with van der Waals surface area (Å²) in [6.07, 6.45) is 3.72. The van der Waals surface area contributed by atoms with Gasteiger partial charge < -0.3 is 4.52 Å². The number of hydrogen-bond acceptors (Lipinski definition) is 6. The number of likely N-dealkylation sites (tertiary alicyclic amines) is 1. The molecular weight excluding hydrogens is 415 g/mol. The third kappa shape index (κ3) is 4.19.